The fraction of sp³-hybridized carbons (Fsp3) is 0.176. The van der Waals surface area contributed by atoms with Crippen LogP contribution in [0.1, 0.15) is 17.0 Å². The van der Waals surface area contributed by atoms with Crippen molar-refractivity contribution in [2.24, 2.45) is 0 Å². The van der Waals surface area contributed by atoms with Crippen molar-refractivity contribution in [3.63, 3.8) is 0 Å². The fourth-order valence-electron chi connectivity index (χ4n) is 2.16. The van der Waals surface area contributed by atoms with Crippen molar-refractivity contribution >= 4 is 0 Å². The van der Waals surface area contributed by atoms with Crippen molar-refractivity contribution in [2.45, 2.75) is 20.0 Å². The highest BCUT2D eigenvalue weighted by Gasteiger charge is 2.10. The lowest BCUT2D eigenvalue weighted by atomic mass is 10.1. The van der Waals surface area contributed by atoms with Gasteiger partial charge in [-0.15, -0.1) is 10.2 Å². The fourth-order valence-corrected chi connectivity index (χ4v) is 2.16. The molecule has 0 bridgehead atoms. The molecule has 0 unspecified atom stereocenters. The summed E-state index contributed by atoms with van der Waals surface area (Å²) in [5.74, 6) is 0.820. The average molecular weight is 297 g/mol. The third-order valence-corrected chi connectivity index (χ3v) is 3.36. The lowest BCUT2D eigenvalue weighted by Gasteiger charge is -2.02. The first-order chi connectivity index (χ1) is 10.7. The molecule has 0 aliphatic rings. The number of aromatic nitrogens is 2. The van der Waals surface area contributed by atoms with Gasteiger partial charge in [-0.1, -0.05) is 30.3 Å². The molecule has 0 amide bonds. The predicted molar refractivity (Wildman–Crippen MR) is 81.4 cm³/mol. The van der Waals surface area contributed by atoms with Crippen LogP contribution in [-0.4, -0.2) is 10.2 Å². The number of aryl methyl sites for hydroxylation is 1. The molecule has 0 saturated heterocycles. The summed E-state index contributed by atoms with van der Waals surface area (Å²) in [6.45, 7) is 3.09. The number of hydrogen-bond donors (Lipinski definition) is 1. The zero-order valence-electron chi connectivity index (χ0n) is 12.2. The van der Waals surface area contributed by atoms with Crippen LogP contribution in [-0.2, 0) is 13.1 Å². The van der Waals surface area contributed by atoms with E-state index in [2.05, 4.69) is 15.5 Å². The number of rotatable bonds is 5. The molecule has 3 rings (SSSR count). The van der Waals surface area contributed by atoms with Crippen molar-refractivity contribution in [1.82, 2.24) is 15.5 Å². The molecule has 0 aliphatic heterocycles. The summed E-state index contributed by atoms with van der Waals surface area (Å²) in [6, 6.07) is 14.3. The predicted octanol–water partition coefficient (Wildman–Crippen LogP) is 3.47. The summed E-state index contributed by atoms with van der Waals surface area (Å²) in [6.07, 6.45) is 0. The van der Waals surface area contributed by atoms with Crippen LogP contribution in [0, 0.1) is 12.7 Å². The second kappa shape index (κ2) is 6.49. The number of hydrogen-bond acceptors (Lipinski definition) is 4. The molecule has 1 heterocycles. The van der Waals surface area contributed by atoms with Gasteiger partial charge in [-0.3, -0.25) is 0 Å². The Morgan fingerprint density at radius 3 is 2.55 bits per heavy atom. The van der Waals surface area contributed by atoms with E-state index in [4.69, 9.17) is 4.42 Å². The number of nitrogens with one attached hydrogen (secondary N) is 1. The standard InChI is InChI=1S/C17H16FN3O/c1-12-4-2-3-5-15(12)17-21-20-16(22-17)11-19-10-13-6-8-14(18)9-7-13/h2-9,19H,10-11H2,1H3. The molecule has 112 valence electrons. The van der Waals surface area contributed by atoms with E-state index in [9.17, 15) is 4.39 Å². The van der Waals surface area contributed by atoms with Crippen LogP contribution < -0.4 is 5.32 Å². The summed E-state index contributed by atoms with van der Waals surface area (Å²) >= 11 is 0. The lowest BCUT2D eigenvalue weighted by Crippen LogP contribution is -2.12. The molecule has 5 heteroatoms. The van der Waals surface area contributed by atoms with Gasteiger partial charge in [0.25, 0.3) is 0 Å². The summed E-state index contributed by atoms with van der Waals surface area (Å²) in [7, 11) is 0. The molecule has 0 radical (unpaired) electrons. The number of benzene rings is 2. The van der Waals surface area contributed by atoms with Crippen molar-refractivity contribution in [3.05, 3.63) is 71.4 Å². The maximum Gasteiger partial charge on any atom is 0.248 e. The molecule has 4 nitrogen and oxygen atoms in total. The Hall–Kier alpha value is -2.53. The van der Waals surface area contributed by atoms with E-state index in [-0.39, 0.29) is 5.82 Å². The highest BCUT2D eigenvalue weighted by atomic mass is 19.1. The molecule has 2 aromatic carbocycles. The largest absolute Gasteiger partial charge is 0.419 e. The maximum atomic E-state index is 12.8. The Balaban J connectivity index is 1.60. The quantitative estimate of drug-likeness (QED) is 0.783. The van der Waals surface area contributed by atoms with E-state index < -0.39 is 0 Å². The van der Waals surface area contributed by atoms with Crippen LogP contribution >= 0.6 is 0 Å². The molecule has 0 atom stereocenters. The molecule has 0 aliphatic carbocycles. The van der Waals surface area contributed by atoms with E-state index in [0.29, 0.717) is 24.9 Å². The Labute approximate surface area is 128 Å². The number of nitrogens with zero attached hydrogens (tertiary/aromatic N) is 2. The second-order valence-electron chi connectivity index (χ2n) is 5.05. The zero-order valence-corrected chi connectivity index (χ0v) is 12.2. The second-order valence-corrected chi connectivity index (χ2v) is 5.05. The maximum absolute atomic E-state index is 12.8. The monoisotopic (exact) mass is 297 g/mol. The first-order valence-electron chi connectivity index (χ1n) is 7.06. The molecular formula is C17H16FN3O. The van der Waals surface area contributed by atoms with Gasteiger partial charge in [0.05, 0.1) is 6.54 Å². The highest BCUT2D eigenvalue weighted by Crippen LogP contribution is 2.21. The smallest absolute Gasteiger partial charge is 0.248 e. The molecule has 3 aromatic rings. The van der Waals surface area contributed by atoms with Gasteiger partial charge in [0.2, 0.25) is 11.8 Å². The number of halogens is 1. The Bertz CT molecular complexity index is 753. The van der Waals surface area contributed by atoms with Crippen molar-refractivity contribution < 1.29 is 8.81 Å². The summed E-state index contributed by atoms with van der Waals surface area (Å²) in [4.78, 5) is 0. The summed E-state index contributed by atoms with van der Waals surface area (Å²) in [5, 5.41) is 11.3. The van der Waals surface area contributed by atoms with Gasteiger partial charge < -0.3 is 9.73 Å². The van der Waals surface area contributed by atoms with Gasteiger partial charge in [-0.25, -0.2) is 4.39 Å². The normalized spacial score (nSPS) is 10.8. The SMILES string of the molecule is Cc1ccccc1-c1nnc(CNCc2ccc(F)cc2)o1. The van der Waals surface area contributed by atoms with Crippen LogP contribution in [0.5, 0.6) is 0 Å². The van der Waals surface area contributed by atoms with Crippen LogP contribution in [0.2, 0.25) is 0 Å². The highest BCUT2D eigenvalue weighted by molar-refractivity contribution is 5.57. The van der Waals surface area contributed by atoms with Crippen LogP contribution in [0.15, 0.2) is 52.9 Å². The molecular weight excluding hydrogens is 281 g/mol. The Morgan fingerprint density at radius 1 is 1.00 bits per heavy atom. The molecule has 0 spiro atoms. The van der Waals surface area contributed by atoms with Gasteiger partial charge in [0.15, 0.2) is 0 Å². The third-order valence-electron chi connectivity index (χ3n) is 3.36. The average Bonchev–Trinajstić information content (AvgIpc) is 2.98. The minimum absolute atomic E-state index is 0.233. The van der Waals surface area contributed by atoms with Gasteiger partial charge in [0, 0.05) is 12.1 Å². The van der Waals surface area contributed by atoms with Crippen molar-refractivity contribution in [1.29, 1.82) is 0 Å². The van der Waals surface area contributed by atoms with Crippen LogP contribution in [0.3, 0.4) is 0 Å². The van der Waals surface area contributed by atoms with Crippen LogP contribution in [0.25, 0.3) is 11.5 Å². The van der Waals surface area contributed by atoms with Crippen molar-refractivity contribution in [2.75, 3.05) is 0 Å². The molecule has 0 fully saturated rings. The first kappa shape index (κ1) is 14.4. The van der Waals surface area contributed by atoms with E-state index in [0.717, 1.165) is 16.7 Å². The minimum Gasteiger partial charge on any atom is -0.419 e. The zero-order chi connectivity index (χ0) is 15.4. The van der Waals surface area contributed by atoms with Crippen LogP contribution in [0.4, 0.5) is 4.39 Å². The summed E-state index contributed by atoms with van der Waals surface area (Å²) < 4.78 is 18.5. The van der Waals surface area contributed by atoms with Gasteiger partial charge in [-0.05, 0) is 36.2 Å². The Morgan fingerprint density at radius 2 is 1.77 bits per heavy atom. The molecule has 0 saturated carbocycles. The topological polar surface area (TPSA) is 51.0 Å². The first-order valence-corrected chi connectivity index (χ1v) is 7.06. The summed E-state index contributed by atoms with van der Waals surface area (Å²) in [5.41, 5.74) is 3.04. The van der Waals surface area contributed by atoms with E-state index in [1.165, 1.54) is 12.1 Å². The Kier molecular flexibility index (Phi) is 4.25. The van der Waals surface area contributed by atoms with Crippen molar-refractivity contribution in [3.8, 4) is 11.5 Å². The van der Waals surface area contributed by atoms with E-state index in [1.807, 2.05) is 31.2 Å². The molecule has 1 aromatic heterocycles. The van der Waals surface area contributed by atoms with E-state index in [1.54, 1.807) is 12.1 Å². The van der Waals surface area contributed by atoms with E-state index >= 15 is 0 Å². The molecule has 1 N–H and O–H groups in total. The third kappa shape index (κ3) is 3.38. The van der Waals surface area contributed by atoms with Gasteiger partial charge >= 0.3 is 0 Å². The lowest BCUT2D eigenvalue weighted by molar-refractivity contribution is 0.477. The van der Waals surface area contributed by atoms with Gasteiger partial charge in [-0.2, -0.15) is 0 Å². The minimum atomic E-state index is -0.233. The molecule has 22 heavy (non-hydrogen) atoms. The van der Waals surface area contributed by atoms with Gasteiger partial charge in [0.1, 0.15) is 5.82 Å².